The summed E-state index contributed by atoms with van der Waals surface area (Å²) in [6.45, 7) is 6.16. The van der Waals surface area contributed by atoms with E-state index in [1.165, 1.54) is 24.7 Å². The van der Waals surface area contributed by atoms with Crippen LogP contribution in [0.5, 0.6) is 0 Å². The summed E-state index contributed by atoms with van der Waals surface area (Å²) in [7, 11) is 1.37. The summed E-state index contributed by atoms with van der Waals surface area (Å²) in [4.78, 5) is 29.2. The van der Waals surface area contributed by atoms with Gasteiger partial charge in [0.2, 0.25) is 0 Å². The number of furan rings is 1. The highest BCUT2D eigenvalue weighted by atomic mass is 32.1. The maximum Gasteiger partial charge on any atom is 0.341 e. The molecule has 144 valence electrons. The summed E-state index contributed by atoms with van der Waals surface area (Å²) in [5.74, 6) is -0.150. The highest BCUT2D eigenvalue weighted by Gasteiger charge is 2.26. The van der Waals surface area contributed by atoms with Crippen LogP contribution in [0, 0.1) is 13.8 Å². The Morgan fingerprint density at radius 1 is 1.22 bits per heavy atom. The third-order valence-electron chi connectivity index (χ3n) is 4.58. The van der Waals surface area contributed by atoms with Crippen LogP contribution in [0.25, 0.3) is 0 Å². The molecule has 3 rings (SSSR count). The Labute approximate surface area is 166 Å². The van der Waals surface area contributed by atoms with Crippen LogP contribution in [0.3, 0.4) is 0 Å². The number of methoxy groups -OCH3 is 1. The standard InChI is InChI=1S/C18H21N3O4S2/c1-11-12(2)27-15(14(11)17(23)24-3)19-18(26)21-8-6-20(7-9-21)16(22)13-5-4-10-25-13/h4-5,10H,6-9H2,1-3H3,(H,19,26). The molecule has 1 fully saturated rings. The second-order valence-corrected chi connectivity index (χ2v) is 7.78. The Kier molecular flexibility index (Phi) is 5.81. The fraction of sp³-hybridized carbons (Fsp3) is 0.389. The van der Waals surface area contributed by atoms with Crippen LogP contribution in [-0.2, 0) is 4.74 Å². The average molecular weight is 408 g/mol. The molecule has 0 spiro atoms. The Morgan fingerprint density at radius 3 is 2.48 bits per heavy atom. The number of nitrogens with zero attached hydrogens (tertiary/aromatic N) is 2. The van der Waals surface area contributed by atoms with Gasteiger partial charge in [-0.15, -0.1) is 11.3 Å². The van der Waals surface area contributed by atoms with E-state index < -0.39 is 0 Å². The number of anilines is 1. The van der Waals surface area contributed by atoms with Crippen LogP contribution >= 0.6 is 23.6 Å². The van der Waals surface area contributed by atoms with Crippen molar-refractivity contribution in [3.05, 3.63) is 40.2 Å². The van der Waals surface area contributed by atoms with Crippen molar-refractivity contribution in [2.75, 3.05) is 38.6 Å². The van der Waals surface area contributed by atoms with Gasteiger partial charge in [0.25, 0.3) is 5.91 Å². The van der Waals surface area contributed by atoms with Crippen LogP contribution in [0.2, 0.25) is 0 Å². The fourth-order valence-corrected chi connectivity index (χ4v) is 4.30. The lowest BCUT2D eigenvalue weighted by Gasteiger charge is -2.35. The molecule has 1 aliphatic rings. The Balaban J connectivity index is 1.63. The number of hydrogen-bond acceptors (Lipinski definition) is 6. The molecule has 1 saturated heterocycles. The zero-order chi connectivity index (χ0) is 19.6. The number of nitrogens with one attached hydrogen (secondary N) is 1. The number of aryl methyl sites for hydroxylation is 1. The number of piperazine rings is 1. The van der Waals surface area contributed by atoms with Gasteiger partial charge in [0.05, 0.1) is 18.9 Å². The molecule has 2 aromatic rings. The van der Waals surface area contributed by atoms with Gasteiger partial charge in [0.1, 0.15) is 5.00 Å². The molecule has 0 aliphatic carbocycles. The first-order valence-corrected chi connectivity index (χ1v) is 9.72. The van der Waals surface area contributed by atoms with E-state index in [0.717, 1.165) is 10.4 Å². The Bertz CT molecular complexity index is 852. The molecular weight excluding hydrogens is 386 g/mol. The van der Waals surface area contributed by atoms with E-state index in [1.54, 1.807) is 17.0 Å². The van der Waals surface area contributed by atoms with Crippen LogP contribution in [0.1, 0.15) is 31.4 Å². The largest absolute Gasteiger partial charge is 0.465 e. The van der Waals surface area contributed by atoms with E-state index in [2.05, 4.69) is 5.32 Å². The van der Waals surface area contributed by atoms with Crippen LogP contribution < -0.4 is 5.32 Å². The van der Waals surface area contributed by atoms with Gasteiger partial charge in [-0.1, -0.05) is 0 Å². The lowest BCUT2D eigenvalue weighted by atomic mass is 10.1. The number of thiocarbonyl (C=S) groups is 1. The fourth-order valence-electron chi connectivity index (χ4n) is 2.91. The molecule has 7 nitrogen and oxygen atoms in total. The summed E-state index contributed by atoms with van der Waals surface area (Å²) in [6.07, 6.45) is 1.49. The van der Waals surface area contributed by atoms with Gasteiger partial charge in [-0.2, -0.15) is 0 Å². The van der Waals surface area contributed by atoms with Crippen molar-refractivity contribution in [2.45, 2.75) is 13.8 Å². The maximum atomic E-state index is 12.3. The molecule has 0 saturated carbocycles. The molecule has 1 amide bonds. The van der Waals surface area contributed by atoms with Gasteiger partial charge >= 0.3 is 5.97 Å². The number of amides is 1. The number of carbonyl (C=O) groups is 2. The number of thiophene rings is 1. The SMILES string of the molecule is COC(=O)c1c(NC(=S)N2CCN(C(=O)c3ccco3)CC2)sc(C)c1C. The number of rotatable bonds is 3. The summed E-state index contributed by atoms with van der Waals surface area (Å²) >= 11 is 7.00. The number of carbonyl (C=O) groups excluding carboxylic acids is 2. The normalized spacial score (nSPS) is 14.2. The van der Waals surface area contributed by atoms with E-state index in [4.69, 9.17) is 21.4 Å². The Morgan fingerprint density at radius 2 is 1.89 bits per heavy atom. The monoisotopic (exact) mass is 407 g/mol. The predicted molar refractivity (Wildman–Crippen MR) is 108 cm³/mol. The molecule has 0 bridgehead atoms. The number of ether oxygens (including phenoxy) is 1. The van der Waals surface area contributed by atoms with Gasteiger partial charge in [-0.25, -0.2) is 4.79 Å². The quantitative estimate of drug-likeness (QED) is 0.619. The Hall–Kier alpha value is -2.39. The molecule has 1 N–H and O–H groups in total. The minimum absolute atomic E-state index is 0.115. The molecule has 0 atom stereocenters. The highest BCUT2D eigenvalue weighted by molar-refractivity contribution is 7.80. The average Bonchev–Trinajstić information content (AvgIpc) is 3.30. The summed E-state index contributed by atoms with van der Waals surface area (Å²) in [6, 6.07) is 3.36. The maximum absolute atomic E-state index is 12.3. The number of hydrogen-bond donors (Lipinski definition) is 1. The lowest BCUT2D eigenvalue weighted by Crippen LogP contribution is -2.51. The van der Waals surface area contributed by atoms with E-state index in [1.807, 2.05) is 18.7 Å². The molecule has 0 aromatic carbocycles. The van der Waals surface area contributed by atoms with Crippen LogP contribution in [0.4, 0.5) is 5.00 Å². The van der Waals surface area contributed by atoms with Crippen molar-refractivity contribution in [2.24, 2.45) is 0 Å². The van der Waals surface area contributed by atoms with Crippen molar-refractivity contribution in [3.63, 3.8) is 0 Å². The second-order valence-electron chi connectivity index (χ2n) is 6.17. The van der Waals surface area contributed by atoms with Crippen molar-refractivity contribution in [1.29, 1.82) is 0 Å². The van der Waals surface area contributed by atoms with Crippen molar-refractivity contribution < 1.29 is 18.7 Å². The van der Waals surface area contributed by atoms with Gasteiger partial charge in [-0.05, 0) is 43.8 Å². The molecule has 0 radical (unpaired) electrons. The third-order valence-corrected chi connectivity index (χ3v) is 6.06. The summed E-state index contributed by atoms with van der Waals surface area (Å²) in [5.41, 5.74) is 1.42. The van der Waals surface area contributed by atoms with Gasteiger partial charge in [0.15, 0.2) is 10.9 Å². The zero-order valence-corrected chi connectivity index (χ0v) is 17.0. The highest BCUT2D eigenvalue weighted by Crippen LogP contribution is 2.33. The molecule has 2 aromatic heterocycles. The van der Waals surface area contributed by atoms with E-state index >= 15 is 0 Å². The molecule has 1 aliphatic heterocycles. The molecule has 9 heteroatoms. The lowest BCUT2D eigenvalue weighted by molar-refractivity contribution is 0.0600. The summed E-state index contributed by atoms with van der Waals surface area (Å²) < 4.78 is 10.1. The third kappa shape index (κ3) is 3.98. The minimum atomic E-state index is -0.379. The van der Waals surface area contributed by atoms with Crippen LogP contribution in [0.15, 0.2) is 22.8 Å². The topological polar surface area (TPSA) is 75.0 Å². The van der Waals surface area contributed by atoms with Crippen molar-refractivity contribution in [1.82, 2.24) is 9.80 Å². The van der Waals surface area contributed by atoms with E-state index in [9.17, 15) is 9.59 Å². The van der Waals surface area contributed by atoms with Gasteiger partial charge in [-0.3, -0.25) is 4.79 Å². The molecule has 0 unspecified atom stereocenters. The van der Waals surface area contributed by atoms with Crippen molar-refractivity contribution in [3.8, 4) is 0 Å². The molecule has 27 heavy (non-hydrogen) atoms. The van der Waals surface area contributed by atoms with E-state index in [0.29, 0.717) is 47.6 Å². The number of esters is 1. The predicted octanol–water partition coefficient (Wildman–Crippen LogP) is 2.90. The first-order valence-electron chi connectivity index (χ1n) is 8.49. The van der Waals surface area contributed by atoms with Crippen molar-refractivity contribution >= 4 is 45.5 Å². The smallest absolute Gasteiger partial charge is 0.341 e. The molecular formula is C18H21N3O4S2. The summed E-state index contributed by atoms with van der Waals surface area (Å²) in [5, 5.41) is 4.41. The first-order chi connectivity index (χ1) is 12.9. The zero-order valence-electron chi connectivity index (χ0n) is 15.4. The van der Waals surface area contributed by atoms with E-state index in [-0.39, 0.29) is 11.9 Å². The van der Waals surface area contributed by atoms with Crippen LogP contribution in [-0.4, -0.2) is 60.1 Å². The minimum Gasteiger partial charge on any atom is -0.465 e. The molecule has 3 heterocycles. The second kappa shape index (κ2) is 8.10. The van der Waals surface area contributed by atoms with Gasteiger partial charge < -0.3 is 24.3 Å². The first kappa shape index (κ1) is 19.4. The van der Waals surface area contributed by atoms with Gasteiger partial charge in [0, 0.05) is 31.1 Å².